The summed E-state index contributed by atoms with van der Waals surface area (Å²) in [5.41, 5.74) is 2.60. The number of fused-ring (bicyclic) bond motifs is 2. The fourth-order valence-corrected chi connectivity index (χ4v) is 3.74. The molecule has 1 aliphatic heterocycles. The Labute approximate surface area is 152 Å². The van der Waals surface area contributed by atoms with Gasteiger partial charge in [-0.25, -0.2) is 4.98 Å². The molecule has 0 fully saturated rings. The Morgan fingerprint density at radius 3 is 2.96 bits per heavy atom. The zero-order valence-electron chi connectivity index (χ0n) is 13.6. The second kappa shape index (κ2) is 6.17. The fraction of sp³-hybridized carbons (Fsp3) is 0.294. The summed E-state index contributed by atoms with van der Waals surface area (Å²) in [7, 11) is 0. The van der Waals surface area contributed by atoms with Crippen LogP contribution in [0.4, 0.5) is 0 Å². The first kappa shape index (κ1) is 15.4. The van der Waals surface area contributed by atoms with Crippen LogP contribution in [-0.2, 0) is 18.6 Å². The molecule has 0 saturated carbocycles. The molecule has 1 aromatic carbocycles. The highest BCUT2D eigenvalue weighted by Crippen LogP contribution is 2.35. The summed E-state index contributed by atoms with van der Waals surface area (Å²) in [6.07, 6.45) is 2.73. The SMILES string of the molecule is Oc1nc(SCc2nc(-c3ccc4c(c3)OCO4)no2)nc2c1CCC2. The molecule has 1 N–H and O–H groups in total. The van der Waals surface area contributed by atoms with Crippen molar-refractivity contribution in [2.24, 2.45) is 0 Å². The number of aryl methyl sites for hydroxylation is 1. The third kappa shape index (κ3) is 2.74. The van der Waals surface area contributed by atoms with Gasteiger partial charge < -0.3 is 19.1 Å². The Kier molecular flexibility index (Phi) is 3.66. The number of hydrogen-bond donors (Lipinski definition) is 1. The lowest BCUT2D eigenvalue weighted by Gasteiger charge is -2.03. The first-order chi connectivity index (χ1) is 12.8. The van der Waals surface area contributed by atoms with Gasteiger partial charge in [0.25, 0.3) is 0 Å². The van der Waals surface area contributed by atoms with E-state index in [0.29, 0.717) is 34.1 Å². The third-order valence-electron chi connectivity index (χ3n) is 4.31. The average molecular weight is 370 g/mol. The largest absolute Gasteiger partial charge is 0.493 e. The first-order valence-corrected chi connectivity index (χ1v) is 9.19. The van der Waals surface area contributed by atoms with E-state index in [0.717, 1.165) is 36.1 Å². The van der Waals surface area contributed by atoms with Crippen molar-refractivity contribution in [3.05, 3.63) is 35.3 Å². The van der Waals surface area contributed by atoms with Crippen LogP contribution in [0.5, 0.6) is 17.4 Å². The molecule has 0 spiro atoms. The summed E-state index contributed by atoms with van der Waals surface area (Å²) >= 11 is 1.36. The lowest BCUT2D eigenvalue weighted by atomic mass is 10.2. The van der Waals surface area contributed by atoms with E-state index in [1.807, 2.05) is 18.2 Å². The van der Waals surface area contributed by atoms with E-state index in [1.165, 1.54) is 11.8 Å². The van der Waals surface area contributed by atoms with Gasteiger partial charge in [-0.2, -0.15) is 9.97 Å². The normalized spacial score (nSPS) is 14.6. The number of hydrogen-bond acceptors (Lipinski definition) is 9. The Hall–Kier alpha value is -2.81. The zero-order chi connectivity index (χ0) is 17.5. The van der Waals surface area contributed by atoms with Gasteiger partial charge in [0.1, 0.15) is 0 Å². The molecule has 2 aromatic heterocycles. The van der Waals surface area contributed by atoms with Crippen molar-refractivity contribution in [3.8, 4) is 28.8 Å². The van der Waals surface area contributed by atoms with Crippen molar-refractivity contribution in [1.82, 2.24) is 20.1 Å². The molecule has 5 rings (SSSR count). The van der Waals surface area contributed by atoms with Crippen LogP contribution in [0.1, 0.15) is 23.6 Å². The van der Waals surface area contributed by atoms with Crippen LogP contribution in [0.25, 0.3) is 11.4 Å². The van der Waals surface area contributed by atoms with Crippen LogP contribution >= 0.6 is 11.8 Å². The molecule has 26 heavy (non-hydrogen) atoms. The fourth-order valence-electron chi connectivity index (χ4n) is 3.05. The molecular weight excluding hydrogens is 356 g/mol. The average Bonchev–Trinajstić information content (AvgIpc) is 3.38. The molecule has 0 amide bonds. The second-order valence-electron chi connectivity index (χ2n) is 5.98. The standard InChI is InChI=1S/C17H14N4O4S/c22-16-10-2-1-3-11(10)18-17(20-16)26-7-14-19-15(21-25-14)9-4-5-12-13(6-9)24-8-23-12/h4-6H,1-3,7-8H2,(H,18,20,22). The van der Waals surface area contributed by atoms with E-state index < -0.39 is 0 Å². The molecule has 0 unspecified atom stereocenters. The maximum atomic E-state index is 10.0. The number of aromatic hydroxyl groups is 1. The minimum Gasteiger partial charge on any atom is -0.493 e. The zero-order valence-corrected chi connectivity index (χ0v) is 14.5. The van der Waals surface area contributed by atoms with E-state index in [4.69, 9.17) is 14.0 Å². The molecule has 1 aliphatic carbocycles. The Morgan fingerprint density at radius 2 is 2.00 bits per heavy atom. The number of aromatic nitrogens is 4. The Bertz CT molecular complexity index is 991. The summed E-state index contributed by atoms with van der Waals surface area (Å²) in [5.74, 6) is 2.84. The van der Waals surface area contributed by atoms with Crippen molar-refractivity contribution in [3.63, 3.8) is 0 Å². The molecule has 0 bridgehead atoms. The predicted octanol–water partition coefficient (Wildman–Crippen LogP) is 2.74. The molecule has 132 valence electrons. The van der Waals surface area contributed by atoms with Gasteiger partial charge in [0.05, 0.1) is 11.4 Å². The monoisotopic (exact) mass is 370 g/mol. The number of thioether (sulfide) groups is 1. The van der Waals surface area contributed by atoms with E-state index >= 15 is 0 Å². The summed E-state index contributed by atoms with van der Waals surface area (Å²) in [6, 6.07) is 5.51. The van der Waals surface area contributed by atoms with Gasteiger partial charge in [-0.05, 0) is 37.5 Å². The smallest absolute Gasteiger partial charge is 0.237 e. The van der Waals surface area contributed by atoms with E-state index in [-0.39, 0.29) is 12.7 Å². The highest BCUT2D eigenvalue weighted by Gasteiger charge is 2.20. The Balaban J connectivity index is 1.31. The quantitative estimate of drug-likeness (QED) is 0.548. The second-order valence-corrected chi connectivity index (χ2v) is 6.92. The third-order valence-corrected chi connectivity index (χ3v) is 5.15. The maximum Gasteiger partial charge on any atom is 0.237 e. The highest BCUT2D eigenvalue weighted by atomic mass is 32.2. The van der Waals surface area contributed by atoms with Gasteiger partial charge in [-0.15, -0.1) is 0 Å². The van der Waals surface area contributed by atoms with Crippen LogP contribution in [-0.4, -0.2) is 32.0 Å². The molecule has 9 heteroatoms. The van der Waals surface area contributed by atoms with Gasteiger partial charge in [0.2, 0.25) is 24.4 Å². The van der Waals surface area contributed by atoms with Crippen LogP contribution in [0.2, 0.25) is 0 Å². The van der Waals surface area contributed by atoms with Gasteiger partial charge in [0, 0.05) is 11.1 Å². The minimum atomic E-state index is 0.0848. The van der Waals surface area contributed by atoms with Crippen molar-refractivity contribution < 1.29 is 19.1 Å². The van der Waals surface area contributed by atoms with E-state index in [2.05, 4.69) is 20.1 Å². The number of nitrogens with zero attached hydrogens (tertiary/aromatic N) is 4. The molecule has 2 aliphatic rings. The topological polar surface area (TPSA) is 103 Å². The van der Waals surface area contributed by atoms with Crippen molar-refractivity contribution >= 4 is 11.8 Å². The molecule has 0 radical (unpaired) electrons. The van der Waals surface area contributed by atoms with Crippen molar-refractivity contribution in [1.29, 1.82) is 0 Å². The lowest BCUT2D eigenvalue weighted by Crippen LogP contribution is -1.96. The van der Waals surface area contributed by atoms with Gasteiger partial charge in [0.15, 0.2) is 16.7 Å². The summed E-state index contributed by atoms with van der Waals surface area (Å²) in [4.78, 5) is 13.1. The highest BCUT2D eigenvalue weighted by molar-refractivity contribution is 7.98. The number of rotatable bonds is 4. The summed E-state index contributed by atoms with van der Waals surface area (Å²) < 4.78 is 16.0. The molecular formula is C17H14N4O4S. The van der Waals surface area contributed by atoms with Crippen LogP contribution in [0, 0.1) is 0 Å². The number of benzene rings is 1. The van der Waals surface area contributed by atoms with Gasteiger partial charge >= 0.3 is 0 Å². The van der Waals surface area contributed by atoms with Crippen LogP contribution in [0.15, 0.2) is 27.9 Å². The molecule has 0 saturated heterocycles. The van der Waals surface area contributed by atoms with Gasteiger partial charge in [-0.3, -0.25) is 0 Å². The van der Waals surface area contributed by atoms with Crippen molar-refractivity contribution in [2.45, 2.75) is 30.2 Å². The first-order valence-electron chi connectivity index (χ1n) is 8.20. The van der Waals surface area contributed by atoms with E-state index in [1.54, 1.807) is 0 Å². The summed E-state index contributed by atoms with van der Waals surface area (Å²) in [5, 5.41) is 14.5. The van der Waals surface area contributed by atoms with Gasteiger partial charge in [-0.1, -0.05) is 16.9 Å². The minimum absolute atomic E-state index is 0.0848. The maximum absolute atomic E-state index is 10.0. The predicted molar refractivity (Wildman–Crippen MR) is 91.1 cm³/mol. The molecule has 8 nitrogen and oxygen atoms in total. The van der Waals surface area contributed by atoms with E-state index in [9.17, 15) is 5.11 Å². The molecule has 3 aromatic rings. The summed E-state index contributed by atoms with van der Waals surface area (Å²) in [6.45, 7) is 0.223. The van der Waals surface area contributed by atoms with Crippen LogP contribution < -0.4 is 9.47 Å². The lowest BCUT2D eigenvalue weighted by molar-refractivity contribution is 0.174. The molecule has 3 heterocycles. The Morgan fingerprint density at radius 1 is 1.08 bits per heavy atom. The number of ether oxygens (including phenoxy) is 2. The van der Waals surface area contributed by atoms with Crippen molar-refractivity contribution in [2.75, 3.05) is 6.79 Å². The van der Waals surface area contributed by atoms with Crippen LogP contribution in [0.3, 0.4) is 0 Å². The molecule has 0 atom stereocenters.